The minimum atomic E-state index is -0.902. The Morgan fingerprint density at radius 1 is 0.914 bits per heavy atom. The lowest BCUT2D eigenvalue weighted by Crippen LogP contribution is -2.35. The average molecular weight is 485 g/mol. The van der Waals surface area contributed by atoms with Crippen molar-refractivity contribution in [1.82, 2.24) is 0 Å². The van der Waals surface area contributed by atoms with Crippen molar-refractivity contribution in [2.75, 3.05) is 24.6 Å². The summed E-state index contributed by atoms with van der Waals surface area (Å²) in [7, 11) is 0. The van der Waals surface area contributed by atoms with Gasteiger partial charge in [-0.3, -0.25) is 0 Å². The van der Waals surface area contributed by atoms with Crippen molar-refractivity contribution in [3.8, 4) is 11.5 Å². The third-order valence-corrected chi connectivity index (χ3v) is 6.97. The lowest BCUT2D eigenvalue weighted by atomic mass is 9.75. The quantitative estimate of drug-likeness (QED) is 0.382. The predicted octanol–water partition coefficient (Wildman–Crippen LogP) is 5.67. The Morgan fingerprint density at radius 3 is 2.20 bits per heavy atom. The second-order valence-electron chi connectivity index (χ2n) is 9.05. The van der Waals surface area contributed by atoms with Gasteiger partial charge in [0.15, 0.2) is 0 Å². The number of hydrogen-bond donors (Lipinski definition) is 1. The second-order valence-corrected chi connectivity index (χ2v) is 9.05. The van der Waals surface area contributed by atoms with Crippen molar-refractivity contribution in [1.29, 1.82) is 0 Å². The van der Waals surface area contributed by atoms with E-state index in [0.717, 1.165) is 18.4 Å². The number of carbonyl (C=O) groups excluding carboxylic acids is 1. The highest BCUT2D eigenvalue weighted by Crippen LogP contribution is 2.48. The van der Waals surface area contributed by atoms with E-state index in [2.05, 4.69) is 0 Å². The van der Waals surface area contributed by atoms with Gasteiger partial charge in [0.25, 0.3) is 0 Å². The first-order valence-electron chi connectivity index (χ1n) is 11.5. The molecule has 2 atom stereocenters. The Bertz CT molecular complexity index is 1230. The summed E-state index contributed by atoms with van der Waals surface area (Å²) in [4.78, 5) is 12.6. The van der Waals surface area contributed by atoms with E-state index in [1.807, 2.05) is 0 Å². The Labute approximate surface area is 199 Å². The molecule has 1 saturated heterocycles. The van der Waals surface area contributed by atoms with Gasteiger partial charge in [-0.2, -0.15) is 0 Å². The molecule has 35 heavy (non-hydrogen) atoms. The number of aromatic hydroxyl groups is 1. The van der Waals surface area contributed by atoms with E-state index >= 15 is 8.78 Å². The van der Waals surface area contributed by atoms with Crippen LogP contribution in [0.4, 0.5) is 23.2 Å². The smallest absolute Gasteiger partial charge is 0.149 e. The van der Waals surface area contributed by atoms with E-state index in [0.29, 0.717) is 31.5 Å². The molecular weight excluding hydrogens is 462 g/mol. The summed E-state index contributed by atoms with van der Waals surface area (Å²) in [5.41, 5.74) is 0.260. The molecule has 1 N–H and O–H groups in total. The molecule has 2 heterocycles. The number of phenolic OH excluding ortho intramolecular Hbond substituents is 1. The summed E-state index contributed by atoms with van der Waals surface area (Å²) in [6.07, 6.45) is 1.89. The van der Waals surface area contributed by atoms with Gasteiger partial charge in [-0.15, -0.1) is 0 Å². The number of rotatable bonds is 4. The number of ether oxygens (including phenoxy) is 1. The van der Waals surface area contributed by atoms with E-state index in [9.17, 15) is 18.7 Å². The zero-order chi connectivity index (χ0) is 24.7. The Morgan fingerprint density at radius 2 is 1.57 bits per heavy atom. The van der Waals surface area contributed by atoms with E-state index in [1.54, 1.807) is 4.90 Å². The van der Waals surface area contributed by atoms with Gasteiger partial charge in [-0.25, -0.2) is 17.6 Å². The molecule has 4 nitrogen and oxygen atoms in total. The van der Waals surface area contributed by atoms with E-state index in [1.165, 1.54) is 36.4 Å². The molecule has 0 unspecified atom stereocenters. The molecule has 0 radical (unpaired) electrons. The van der Waals surface area contributed by atoms with Crippen molar-refractivity contribution < 1.29 is 32.2 Å². The zero-order valence-electron chi connectivity index (χ0n) is 18.7. The van der Waals surface area contributed by atoms with Gasteiger partial charge in [0.2, 0.25) is 0 Å². The van der Waals surface area contributed by atoms with Crippen LogP contribution < -0.4 is 9.64 Å². The van der Waals surface area contributed by atoms with Gasteiger partial charge in [0, 0.05) is 48.0 Å². The summed E-state index contributed by atoms with van der Waals surface area (Å²) < 4.78 is 66.0. The first-order chi connectivity index (χ1) is 16.9. The van der Waals surface area contributed by atoms with E-state index in [4.69, 9.17) is 4.74 Å². The lowest BCUT2D eigenvalue weighted by molar-refractivity contribution is -0.111. The molecule has 5 rings (SSSR count). The molecule has 3 aromatic carbocycles. The topological polar surface area (TPSA) is 49.8 Å². The number of benzene rings is 3. The number of carbonyl (C=O) groups is 1. The number of nitrogens with zero attached hydrogens (tertiary/aromatic N) is 1. The number of fused-ring (bicyclic) bond motifs is 1. The summed E-state index contributed by atoms with van der Waals surface area (Å²) in [6.45, 7) is 0.543. The molecule has 0 saturated carbocycles. The molecule has 2 aliphatic rings. The van der Waals surface area contributed by atoms with Crippen LogP contribution in [0.5, 0.6) is 11.5 Å². The highest BCUT2D eigenvalue weighted by atomic mass is 19.1. The van der Waals surface area contributed by atoms with Crippen LogP contribution in [0.2, 0.25) is 0 Å². The summed E-state index contributed by atoms with van der Waals surface area (Å²) in [6, 6.07) is 10.2. The highest BCUT2D eigenvalue weighted by Gasteiger charge is 2.38. The second kappa shape index (κ2) is 9.24. The Hall–Kier alpha value is -3.55. The van der Waals surface area contributed by atoms with Crippen LogP contribution in [-0.2, 0) is 4.79 Å². The molecular formula is C27H23F4NO3. The molecule has 0 spiro atoms. The van der Waals surface area contributed by atoms with Gasteiger partial charge >= 0.3 is 0 Å². The van der Waals surface area contributed by atoms with Crippen LogP contribution >= 0.6 is 0 Å². The first-order valence-corrected chi connectivity index (χ1v) is 11.5. The standard InChI is InChI=1S/C27H23F4NO3/c28-20-2-1-3-21(29)26(20)19-14-35-24-12-17(34)4-5-18(24)25(19)16-10-22(30)27(23(31)11-16)32-8-6-15(13-33)7-9-32/h1-5,10-13,15,19,25,34H,6-9,14H2/t19-,25+/m0/s1. The molecule has 2 aliphatic heterocycles. The van der Waals surface area contributed by atoms with Crippen LogP contribution in [0.25, 0.3) is 0 Å². The predicted molar refractivity (Wildman–Crippen MR) is 122 cm³/mol. The van der Waals surface area contributed by atoms with Gasteiger partial charge in [0.05, 0.1) is 6.61 Å². The maximum Gasteiger partial charge on any atom is 0.149 e. The van der Waals surface area contributed by atoms with Crippen LogP contribution in [0.3, 0.4) is 0 Å². The SMILES string of the molecule is O=CC1CCN(c2c(F)cc([C@@H]3c4ccc(O)cc4OC[C@@H]3c3c(F)cccc3F)cc2F)CC1. The Balaban J connectivity index is 1.60. The third kappa shape index (κ3) is 4.22. The maximum atomic E-state index is 15.4. The number of piperidine rings is 1. The van der Waals surface area contributed by atoms with Crippen LogP contribution in [0.15, 0.2) is 48.5 Å². The minimum absolute atomic E-state index is 0.0653. The van der Waals surface area contributed by atoms with E-state index < -0.39 is 35.1 Å². The summed E-state index contributed by atoms with van der Waals surface area (Å²) in [5, 5.41) is 9.87. The molecule has 182 valence electrons. The third-order valence-electron chi connectivity index (χ3n) is 6.97. The largest absolute Gasteiger partial charge is 0.508 e. The number of halogens is 4. The van der Waals surface area contributed by atoms with Crippen molar-refractivity contribution in [2.45, 2.75) is 24.7 Å². The average Bonchev–Trinajstić information content (AvgIpc) is 2.83. The molecule has 3 aromatic rings. The molecule has 0 amide bonds. The number of anilines is 1. The van der Waals surface area contributed by atoms with Gasteiger partial charge in [-0.1, -0.05) is 12.1 Å². The number of hydrogen-bond acceptors (Lipinski definition) is 4. The van der Waals surface area contributed by atoms with Gasteiger partial charge in [0.1, 0.15) is 46.7 Å². The fraction of sp³-hybridized carbons (Fsp3) is 0.296. The van der Waals surface area contributed by atoms with E-state index in [-0.39, 0.29) is 40.8 Å². The minimum Gasteiger partial charge on any atom is -0.508 e. The lowest BCUT2D eigenvalue weighted by Gasteiger charge is -2.36. The molecule has 0 aliphatic carbocycles. The maximum absolute atomic E-state index is 15.4. The monoisotopic (exact) mass is 485 g/mol. The first kappa shape index (κ1) is 23.2. The van der Waals surface area contributed by atoms with Gasteiger partial charge in [-0.05, 0) is 48.7 Å². The normalized spacial score (nSPS) is 20.3. The summed E-state index contributed by atoms with van der Waals surface area (Å²) >= 11 is 0. The zero-order valence-corrected chi connectivity index (χ0v) is 18.7. The number of aldehydes is 1. The molecule has 8 heteroatoms. The number of phenols is 1. The van der Waals surface area contributed by atoms with Crippen molar-refractivity contribution in [3.63, 3.8) is 0 Å². The summed E-state index contributed by atoms with van der Waals surface area (Å²) in [5.74, 6) is -4.77. The fourth-order valence-corrected chi connectivity index (χ4v) is 5.25. The molecule has 0 aromatic heterocycles. The van der Waals surface area contributed by atoms with Crippen LogP contribution in [0, 0.1) is 29.2 Å². The highest BCUT2D eigenvalue weighted by molar-refractivity contribution is 5.58. The molecule has 1 fully saturated rings. The van der Waals surface area contributed by atoms with Crippen LogP contribution in [0.1, 0.15) is 41.4 Å². The van der Waals surface area contributed by atoms with Gasteiger partial charge < -0.3 is 19.5 Å². The van der Waals surface area contributed by atoms with Crippen molar-refractivity contribution in [2.24, 2.45) is 5.92 Å². The van der Waals surface area contributed by atoms with Crippen molar-refractivity contribution >= 4 is 12.0 Å². The Kier molecular flexibility index (Phi) is 6.13. The van der Waals surface area contributed by atoms with Crippen LogP contribution in [-0.4, -0.2) is 31.1 Å². The molecule has 0 bridgehead atoms. The fourth-order valence-electron chi connectivity index (χ4n) is 5.25. The van der Waals surface area contributed by atoms with Crippen molar-refractivity contribution in [3.05, 3.63) is 88.5 Å².